The molecule has 2 N–H and O–H groups in total. The fraction of sp³-hybridized carbons (Fsp3) is 0.316. The van der Waals surface area contributed by atoms with Gasteiger partial charge >= 0.3 is 0 Å². The van der Waals surface area contributed by atoms with Crippen molar-refractivity contribution >= 4 is 40.5 Å². The van der Waals surface area contributed by atoms with Crippen molar-refractivity contribution in [1.29, 1.82) is 0 Å². The Morgan fingerprint density at radius 2 is 1.73 bits per heavy atom. The molecular weight excluding hydrogens is 373 g/mol. The fourth-order valence-corrected chi connectivity index (χ4v) is 3.38. The number of aromatic hydroxyl groups is 1. The normalized spacial score (nSPS) is 16.3. The van der Waals surface area contributed by atoms with Crippen LogP contribution in [0.2, 0.25) is 10.0 Å². The second-order valence-corrected chi connectivity index (χ2v) is 7.09. The van der Waals surface area contributed by atoms with E-state index >= 15 is 0 Å². The van der Waals surface area contributed by atoms with E-state index in [1.807, 2.05) is 19.1 Å². The first-order valence-corrected chi connectivity index (χ1v) is 9.24. The van der Waals surface area contributed by atoms with Crippen LogP contribution in [0.15, 0.2) is 42.5 Å². The lowest BCUT2D eigenvalue weighted by Crippen LogP contribution is -2.52. The van der Waals surface area contributed by atoms with E-state index in [2.05, 4.69) is 15.1 Å². The van der Waals surface area contributed by atoms with Gasteiger partial charge < -0.3 is 15.3 Å². The van der Waals surface area contributed by atoms with Crippen molar-refractivity contribution in [3.8, 4) is 5.75 Å². The molecule has 1 aliphatic rings. The second kappa shape index (κ2) is 8.16. The van der Waals surface area contributed by atoms with E-state index in [-0.39, 0.29) is 17.7 Å². The Bertz CT molecular complexity index is 775. The highest BCUT2D eigenvalue weighted by molar-refractivity contribution is 6.44. The van der Waals surface area contributed by atoms with Crippen LogP contribution in [0.4, 0.5) is 11.4 Å². The zero-order chi connectivity index (χ0) is 18.7. The first-order valence-electron chi connectivity index (χ1n) is 8.48. The monoisotopic (exact) mass is 393 g/mol. The maximum absolute atomic E-state index is 12.6. The van der Waals surface area contributed by atoms with Gasteiger partial charge in [-0.3, -0.25) is 9.69 Å². The zero-order valence-corrected chi connectivity index (χ0v) is 16.0. The summed E-state index contributed by atoms with van der Waals surface area (Å²) in [7, 11) is 0. The molecular formula is C19H21Cl2N3O2. The predicted octanol–water partition coefficient (Wildman–Crippen LogP) is 3.85. The van der Waals surface area contributed by atoms with Crippen LogP contribution in [0.5, 0.6) is 5.75 Å². The third-order valence-corrected chi connectivity index (χ3v) is 5.48. The van der Waals surface area contributed by atoms with Crippen molar-refractivity contribution in [3.05, 3.63) is 52.5 Å². The van der Waals surface area contributed by atoms with Crippen LogP contribution in [-0.4, -0.2) is 48.1 Å². The molecule has 5 nitrogen and oxygen atoms in total. The van der Waals surface area contributed by atoms with Gasteiger partial charge in [-0.25, -0.2) is 0 Å². The van der Waals surface area contributed by atoms with Gasteiger partial charge in [0.15, 0.2) is 0 Å². The second-order valence-electron chi connectivity index (χ2n) is 6.31. The average Bonchev–Trinajstić information content (AvgIpc) is 2.65. The van der Waals surface area contributed by atoms with Crippen molar-refractivity contribution in [2.75, 3.05) is 36.4 Å². The zero-order valence-electron chi connectivity index (χ0n) is 14.5. The number of carbonyl (C=O) groups is 1. The molecule has 138 valence electrons. The van der Waals surface area contributed by atoms with Gasteiger partial charge in [0.05, 0.1) is 21.8 Å². The molecule has 1 saturated heterocycles. The molecule has 1 amide bonds. The number of halogens is 2. The molecule has 1 heterocycles. The molecule has 0 aromatic heterocycles. The molecule has 0 saturated carbocycles. The third-order valence-electron chi connectivity index (χ3n) is 4.67. The van der Waals surface area contributed by atoms with Crippen LogP contribution >= 0.6 is 23.2 Å². The molecule has 3 rings (SSSR count). The smallest absolute Gasteiger partial charge is 0.241 e. The Morgan fingerprint density at radius 1 is 1.08 bits per heavy atom. The third kappa shape index (κ3) is 4.23. The summed E-state index contributed by atoms with van der Waals surface area (Å²) in [5.74, 6) is 0.157. The van der Waals surface area contributed by atoms with Crippen LogP contribution < -0.4 is 10.2 Å². The van der Waals surface area contributed by atoms with E-state index in [1.165, 1.54) is 0 Å². The summed E-state index contributed by atoms with van der Waals surface area (Å²) in [5, 5.41) is 13.0. The minimum absolute atomic E-state index is 0.104. The van der Waals surface area contributed by atoms with Crippen molar-refractivity contribution in [2.24, 2.45) is 0 Å². The number of phenolic OH excluding ortho intramolecular Hbond substituents is 1. The summed E-state index contributed by atoms with van der Waals surface area (Å²) in [5.41, 5.74) is 1.60. The van der Waals surface area contributed by atoms with Crippen molar-refractivity contribution in [1.82, 2.24) is 4.90 Å². The molecule has 1 aliphatic heterocycles. The highest BCUT2D eigenvalue weighted by atomic mass is 35.5. The van der Waals surface area contributed by atoms with Gasteiger partial charge in [0, 0.05) is 31.9 Å². The Balaban J connectivity index is 1.57. The molecule has 0 spiro atoms. The summed E-state index contributed by atoms with van der Waals surface area (Å²) >= 11 is 12.1. The summed E-state index contributed by atoms with van der Waals surface area (Å²) < 4.78 is 0. The lowest BCUT2D eigenvalue weighted by Gasteiger charge is -2.38. The van der Waals surface area contributed by atoms with Gasteiger partial charge in [0.25, 0.3) is 0 Å². The molecule has 2 aromatic carbocycles. The number of carbonyl (C=O) groups excluding carboxylic acids is 1. The highest BCUT2D eigenvalue weighted by Crippen LogP contribution is 2.29. The molecule has 7 heteroatoms. The topological polar surface area (TPSA) is 55.8 Å². The number of phenols is 1. The number of hydrogen-bond acceptors (Lipinski definition) is 4. The number of nitrogens with zero attached hydrogens (tertiary/aromatic N) is 2. The van der Waals surface area contributed by atoms with E-state index in [0.717, 1.165) is 31.9 Å². The molecule has 1 atom stereocenters. The molecule has 26 heavy (non-hydrogen) atoms. The van der Waals surface area contributed by atoms with E-state index in [0.29, 0.717) is 15.7 Å². The van der Waals surface area contributed by atoms with Crippen molar-refractivity contribution in [2.45, 2.75) is 13.0 Å². The molecule has 0 bridgehead atoms. The molecule has 1 fully saturated rings. The number of amides is 1. The lowest BCUT2D eigenvalue weighted by molar-refractivity contribution is -0.120. The first-order chi connectivity index (χ1) is 12.5. The largest absolute Gasteiger partial charge is 0.508 e. The number of anilines is 2. The Morgan fingerprint density at radius 3 is 2.38 bits per heavy atom. The Labute approximate surface area is 163 Å². The van der Waals surface area contributed by atoms with Crippen LogP contribution in [0, 0.1) is 0 Å². The lowest BCUT2D eigenvalue weighted by atomic mass is 10.2. The van der Waals surface area contributed by atoms with E-state index in [4.69, 9.17) is 23.2 Å². The van der Waals surface area contributed by atoms with Crippen LogP contribution in [0.1, 0.15) is 6.92 Å². The average molecular weight is 394 g/mol. The molecule has 0 aliphatic carbocycles. The van der Waals surface area contributed by atoms with Gasteiger partial charge in [-0.1, -0.05) is 29.3 Å². The van der Waals surface area contributed by atoms with Crippen LogP contribution in [0.3, 0.4) is 0 Å². The van der Waals surface area contributed by atoms with Gasteiger partial charge in [-0.05, 0) is 43.3 Å². The minimum Gasteiger partial charge on any atom is -0.508 e. The van der Waals surface area contributed by atoms with Gasteiger partial charge in [-0.15, -0.1) is 0 Å². The number of benzene rings is 2. The Kier molecular flexibility index (Phi) is 5.91. The first kappa shape index (κ1) is 18.8. The highest BCUT2D eigenvalue weighted by Gasteiger charge is 2.26. The SMILES string of the molecule is C[C@@H](C(=O)Nc1cccc(Cl)c1Cl)N1CCN(c2ccc(O)cc2)CC1. The summed E-state index contributed by atoms with van der Waals surface area (Å²) in [6, 6.07) is 12.1. The minimum atomic E-state index is -0.271. The van der Waals surface area contributed by atoms with Crippen molar-refractivity contribution < 1.29 is 9.90 Å². The van der Waals surface area contributed by atoms with E-state index in [1.54, 1.807) is 30.3 Å². The standard InChI is InChI=1S/C19H21Cl2N3O2/c1-13(19(26)22-17-4-2-3-16(20)18(17)21)23-9-11-24(12-10-23)14-5-7-15(25)8-6-14/h2-8,13,25H,9-12H2,1H3,(H,22,26)/t13-/m0/s1. The Hall–Kier alpha value is -1.95. The summed E-state index contributed by atoms with van der Waals surface area (Å²) in [6.07, 6.45) is 0. The van der Waals surface area contributed by atoms with E-state index < -0.39 is 0 Å². The van der Waals surface area contributed by atoms with E-state index in [9.17, 15) is 9.90 Å². The molecule has 0 radical (unpaired) electrons. The quantitative estimate of drug-likeness (QED) is 0.827. The summed E-state index contributed by atoms with van der Waals surface area (Å²) in [6.45, 7) is 5.09. The number of rotatable bonds is 4. The van der Waals surface area contributed by atoms with Crippen LogP contribution in [0.25, 0.3) is 0 Å². The molecule has 0 unspecified atom stereocenters. The maximum Gasteiger partial charge on any atom is 0.241 e. The molecule has 2 aromatic rings. The number of nitrogens with one attached hydrogen (secondary N) is 1. The van der Waals surface area contributed by atoms with Gasteiger partial charge in [-0.2, -0.15) is 0 Å². The summed E-state index contributed by atoms with van der Waals surface area (Å²) in [4.78, 5) is 17.0. The van der Waals surface area contributed by atoms with Crippen LogP contribution in [-0.2, 0) is 4.79 Å². The number of piperazine rings is 1. The number of hydrogen-bond donors (Lipinski definition) is 2. The van der Waals surface area contributed by atoms with Gasteiger partial charge in [0.1, 0.15) is 5.75 Å². The predicted molar refractivity (Wildman–Crippen MR) is 106 cm³/mol. The van der Waals surface area contributed by atoms with Gasteiger partial charge in [0.2, 0.25) is 5.91 Å². The maximum atomic E-state index is 12.6. The fourth-order valence-electron chi connectivity index (χ4n) is 3.03. The van der Waals surface area contributed by atoms with Crippen molar-refractivity contribution in [3.63, 3.8) is 0 Å².